The summed E-state index contributed by atoms with van der Waals surface area (Å²) in [5, 5.41) is 11.4. The third kappa shape index (κ3) is 4.64. The number of nitrogens with two attached hydrogens (primary N) is 1. The fourth-order valence-electron chi connectivity index (χ4n) is 3.84. The van der Waals surface area contributed by atoms with Gasteiger partial charge in [0.05, 0.1) is 10.5 Å². The highest BCUT2D eigenvalue weighted by Gasteiger charge is 2.31. The summed E-state index contributed by atoms with van der Waals surface area (Å²) in [4.78, 5) is 50.4. The van der Waals surface area contributed by atoms with E-state index in [-0.39, 0.29) is 11.3 Å². The van der Waals surface area contributed by atoms with Crippen molar-refractivity contribution in [2.24, 2.45) is 5.73 Å². The van der Waals surface area contributed by atoms with E-state index in [1.54, 1.807) is 0 Å². The largest absolute Gasteiger partial charge is 0.452 e. The van der Waals surface area contributed by atoms with Gasteiger partial charge in [0.15, 0.2) is 6.61 Å². The predicted molar refractivity (Wildman–Crippen MR) is 103 cm³/mol. The van der Waals surface area contributed by atoms with E-state index in [0.717, 1.165) is 38.8 Å². The monoisotopic (exact) mass is 404 g/mol. The Morgan fingerprint density at radius 1 is 1.14 bits per heavy atom. The van der Waals surface area contributed by atoms with Crippen molar-refractivity contribution in [1.29, 1.82) is 0 Å². The Balaban J connectivity index is 1.67. The minimum Gasteiger partial charge on any atom is -0.452 e. The summed E-state index contributed by atoms with van der Waals surface area (Å²) in [5.74, 6) is -1.93. The topological polar surface area (TPSA) is 136 Å². The number of likely N-dealkylation sites (tertiary alicyclic amines) is 1. The second kappa shape index (κ2) is 8.89. The molecule has 0 aromatic heterocycles. The fourth-order valence-corrected chi connectivity index (χ4v) is 3.84. The zero-order valence-electron chi connectivity index (χ0n) is 16.0. The van der Waals surface area contributed by atoms with E-state index in [4.69, 9.17) is 10.5 Å². The molecule has 0 saturated carbocycles. The second-order valence-electron chi connectivity index (χ2n) is 7.23. The van der Waals surface area contributed by atoms with Gasteiger partial charge in [-0.3, -0.25) is 19.7 Å². The molecule has 0 spiro atoms. The van der Waals surface area contributed by atoms with Crippen LogP contribution in [0.5, 0.6) is 0 Å². The Morgan fingerprint density at radius 3 is 2.48 bits per heavy atom. The van der Waals surface area contributed by atoms with Gasteiger partial charge in [-0.2, -0.15) is 0 Å². The number of anilines is 1. The molecule has 2 saturated heterocycles. The first-order chi connectivity index (χ1) is 13.9. The molecule has 10 heteroatoms. The van der Waals surface area contributed by atoms with Crippen LogP contribution in [0.1, 0.15) is 42.5 Å². The fraction of sp³-hybridized carbons (Fsp3) is 0.526. The van der Waals surface area contributed by atoms with Gasteiger partial charge in [0.1, 0.15) is 11.7 Å². The van der Waals surface area contributed by atoms with Gasteiger partial charge in [0.25, 0.3) is 11.6 Å². The zero-order valence-corrected chi connectivity index (χ0v) is 16.0. The third-order valence-electron chi connectivity index (χ3n) is 5.33. The van der Waals surface area contributed by atoms with Crippen molar-refractivity contribution in [3.63, 3.8) is 0 Å². The van der Waals surface area contributed by atoms with Crippen molar-refractivity contribution in [1.82, 2.24) is 4.90 Å². The molecule has 0 bridgehead atoms. The lowest BCUT2D eigenvalue weighted by atomic mass is 10.0. The Labute approximate surface area is 167 Å². The van der Waals surface area contributed by atoms with Gasteiger partial charge in [-0.15, -0.1) is 0 Å². The van der Waals surface area contributed by atoms with Gasteiger partial charge < -0.3 is 20.3 Å². The van der Waals surface area contributed by atoms with E-state index in [1.165, 1.54) is 23.1 Å². The summed E-state index contributed by atoms with van der Waals surface area (Å²) in [6, 6.07) is 3.47. The molecule has 3 rings (SSSR count). The van der Waals surface area contributed by atoms with Gasteiger partial charge in [-0.05, 0) is 44.2 Å². The SMILES string of the molecule is NC(=O)[C@@H]1CCCCN1C(=O)COC(=O)c1ccc(N2CCCC2)c([N+](=O)[O-])c1. The van der Waals surface area contributed by atoms with Crippen LogP contribution in [0.15, 0.2) is 18.2 Å². The molecule has 1 aromatic rings. The number of hydrogen-bond acceptors (Lipinski definition) is 7. The van der Waals surface area contributed by atoms with Crippen molar-refractivity contribution in [2.75, 3.05) is 31.1 Å². The van der Waals surface area contributed by atoms with Crippen molar-refractivity contribution in [2.45, 2.75) is 38.1 Å². The molecule has 2 aliphatic heterocycles. The number of hydrogen-bond donors (Lipinski definition) is 1. The molecule has 156 valence electrons. The van der Waals surface area contributed by atoms with Crippen LogP contribution in [0.25, 0.3) is 0 Å². The van der Waals surface area contributed by atoms with Crippen LogP contribution < -0.4 is 10.6 Å². The minimum absolute atomic E-state index is 0.00228. The van der Waals surface area contributed by atoms with Gasteiger partial charge in [-0.1, -0.05) is 0 Å². The summed E-state index contributed by atoms with van der Waals surface area (Å²) in [6.45, 7) is 1.29. The Kier molecular flexibility index (Phi) is 6.30. The number of primary amides is 1. The zero-order chi connectivity index (χ0) is 21.0. The molecular formula is C19H24N4O6. The summed E-state index contributed by atoms with van der Waals surface area (Å²) in [6.07, 6.45) is 3.95. The number of piperidine rings is 1. The van der Waals surface area contributed by atoms with Crippen LogP contribution in [0.2, 0.25) is 0 Å². The average Bonchev–Trinajstić information content (AvgIpc) is 3.25. The van der Waals surface area contributed by atoms with E-state index < -0.39 is 35.4 Å². The van der Waals surface area contributed by atoms with Crippen molar-refractivity contribution >= 4 is 29.2 Å². The van der Waals surface area contributed by atoms with E-state index in [1.807, 2.05) is 4.90 Å². The molecule has 2 fully saturated rings. The van der Waals surface area contributed by atoms with E-state index in [0.29, 0.717) is 18.7 Å². The highest BCUT2D eigenvalue weighted by Crippen LogP contribution is 2.31. The van der Waals surface area contributed by atoms with Crippen molar-refractivity contribution < 1.29 is 24.0 Å². The molecule has 0 unspecified atom stereocenters. The molecule has 1 atom stereocenters. The van der Waals surface area contributed by atoms with Crippen LogP contribution in [-0.2, 0) is 14.3 Å². The number of carbonyl (C=O) groups is 3. The molecule has 2 N–H and O–H groups in total. The number of benzene rings is 1. The first-order valence-corrected chi connectivity index (χ1v) is 9.68. The molecule has 2 amide bonds. The number of esters is 1. The normalized spacial score (nSPS) is 19.1. The van der Waals surface area contributed by atoms with E-state index in [2.05, 4.69) is 0 Å². The van der Waals surface area contributed by atoms with Crippen LogP contribution in [-0.4, -0.2) is 59.9 Å². The Bertz CT molecular complexity index is 821. The standard InChI is InChI=1S/C19H24N4O6/c20-18(25)15-5-1-2-10-22(15)17(24)12-29-19(26)13-6-7-14(16(11-13)23(27)28)21-8-3-4-9-21/h6-7,11,15H,1-5,8-10,12H2,(H2,20,25)/t15-/m0/s1. The van der Waals surface area contributed by atoms with E-state index in [9.17, 15) is 24.5 Å². The number of ether oxygens (including phenoxy) is 1. The van der Waals surface area contributed by atoms with Gasteiger partial charge in [0, 0.05) is 25.7 Å². The lowest BCUT2D eigenvalue weighted by Gasteiger charge is -2.33. The maximum absolute atomic E-state index is 12.4. The number of nitro groups is 1. The first kappa shape index (κ1) is 20.6. The molecule has 1 aromatic carbocycles. The number of nitrogens with zero attached hydrogens (tertiary/aromatic N) is 3. The van der Waals surface area contributed by atoms with Crippen LogP contribution in [0.3, 0.4) is 0 Å². The quantitative estimate of drug-likeness (QED) is 0.427. The summed E-state index contributed by atoms with van der Waals surface area (Å²) in [7, 11) is 0. The van der Waals surface area contributed by atoms with Crippen molar-refractivity contribution in [3.8, 4) is 0 Å². The van der Waals surface area contributed by atoms with Crippen molar-refractivity contribution in [3.05, 3.63) is 33.9 Å². The summed E-state index contributed by atoms with van der Waals surface area (Å²) >= 11 is 0. The number of carbonyl (C=O) groups excluding carboxylic acids is 3. The number of rotatable bonds is 6. The molecule has 0 radical (unpaired) electrons. The summed E-state index contributed by atoms with van der Waals surface area (Å²) < 4.78 is 5.05. The highest BCUT2D eigenvalue weighted by atomic mass is 16.6. The lowest BCUT2D eigenvalue weighted by molar-refractivity contribution is -0.384. The molecule has 29 heavy (non-hydrogen) atoms. The molecule has 2 heterocycles. The highest BCUT2D eigenvalue weighted by molar-refractivity contribution is 5.94. The van der Waals surface area contributed by atoms with Crippen LogP contribution in [0.4, 0.5) is 11.4 Å². The lowest BCUT2D eigenvalue weighted by Crippen LogP contribution is -2.51. The molecule has 2 aliphatic rings. The Morgan fingerprint density at radius 2 is 1.83 bits per heavy atom. The summed E-state index contributed by atoms with van der Waals surface area (Å²) in [5.41, 5.74) is 5.64. The van der Waals surface area contributed by atoms with Gasteiger partial charge >= 0.3 is 5.97 Å². The number of nitro benzene ring substituents is 1. The Hall–Kier alpha value is -3.17. The molecule has 0 aliphatic carbocycles. The van der Waals surface area contributed by atoms with Crippen LogP contribution >= 0.6 is 0 Å². The average molecular weight is 404 g/mol. The van der Waals surface area contributed by atoms with E-state index >= 15 is 0 Å². The maximum Gasteiger partial charge on any atom is 0.338 e. The predicted octanol–water partition coefficient (Wildman–Crippen LogP) is 1.22. The minimum atomic E-state index is -0.831. The number of amides is 2. The third-order valence-corrected chi connectivity index (χ3v) is 5.33. The first-order valence-electron chi connectivity index (χ1n) is 9.68. The molecule has 10 nitrogen and oxygen atoms in total. The molecular weight excluding hydrogens is 380 g/mol. The smallest absolute Gasteiger partial charge is 0.338 e. The second-order valence-corrected chi connectivity index (χ2v) is 7.23. The van der Waals surface area contributed by atoms with Crippen LogP contribution in [0, 0.1) is 10.1 Å². The van der Waals surface area contributed by atoms with Gasteiger partial charge in [-0.25, -0.2) is 4.79 Å². The van der Waals surface area contributed by atoms with Gasteiger partial charge in [0.2, 0.25) is 5.91 Å². The maximum atomic E-state index is 12.4.